The molecule has 1 saturated carbocycles. The third-order valence-electron chi connectivity index (χ3n) is 8.98. The van der Waals surface area contributed by atoms with E-state index in [1.54, 1.807) is 84.9 Å². The predicted octanol–water partition coefficient (Wildman–Crippen LogP) is 3.41. The van der Waals surface area contributed by atoms with Crippen molar-refractivity contribution in [3.05, 3.63) is 90.5 Å². The monoisotopic (exact) mass is 578 g/mol. The highest BCUT2D eigenvalue weighted by molar-refractivity contribution is 6.27. The zero-order valence-electron chi connectivity index (χ0n) is 23.2. The van der Waals surface area contributed by atoms with Gasteiger partial charge in [0.05, 0.1) is 49.3 Å². The molecule has 2 bridgehead atoms. The van der Waals surface area contributed by atoms with Crippen LogP contribution in [0.25, 0.3) is 0 Å². The van der Waals surface area contributed by atoms with Crippen molar-refractivity contribution in [1.82, 2.24) is 0 Å². The van der Waals surface area contributed by atoms with Gasteiger partial charge in [0.15, 0.2) is 0 Å². The number of methoxy groups -OCH3 is 2. The molecule has 2 heterocycles. The molecular formula is C33H26N2O8. The van der Waals surface area contributed by atoms with Gasteiger partial charge >= 0.3 is 5.97 Å². The molecule has 4 amide bonds. The molecule has 0 N–H and O–H groups in total. The number of anilines is 2. The van der Waals surface area contributed by atoms with Crippen LogP contribution < -0.4 is 24.0 Å². The highest BCUT2D eigenvalue weighted by Gasteiger charge is 2.71. The summed E-state index contributed by atoms with van der Waals surface area (Å²) in [6.45, 7) is 0. The van der Waals surface area contributed by atoms with Gasteiger partial charge in [-0.2, -0.15) is 0 Å². The number of carbonyl (C=O) groups excluding carboxylic acids is 5. The number of esters is 1. The number of para-hydroxylation sites is 1. The van der Waals surface area contributed by atoms with Crippen LogP contribution in [0.5, 0.6) is 17.2 Å². The minimum Gasteiger partial charge on any atom is -0.497 e. The van der Waals surface area contributed by atoms with Gasteiger partial charge < -0.3 is 14.2 Å². The molecule has 10 nitrogen and oxygen atoms in total. The fourth-order valence-electron chi connectivity index (χ4n) is 7.18. The van der Waals surface area contributed by atoms with Crippen LogP contribution in [0.15, 0.2) is 90.5 Å². The Morgan fingerprint density at radius 1 is 0.558 bits per heavy atom. The summed E-state index contributed by atoms with van der Waals surface area (Å²) >= 11 is 0. The lowest BCUT2D eigenvalue weighted by Crippen LogP contribution is -2.53. The molecule has 3 aromatic carbocycles. The van der Waals surface area contributed by atoms with Crippen molar-refractivity contribution in [2.45, 2.75) is 0 Å². The molecule has 0 radical (unpaired) electrons. The number of rotatable bonds is 6. The maximum atomic E-state index is 14.1. The maximum Gasteiger partial charge on any atom is 0.339 e. The second kappa shape index (κ2) is 9.94. The molecule has 3 aromatic rings. The van der Waals surface area contributed by atoms with Crippen LogP contribution in [0, 0.1) is 35.5 Å². The normalized spacial score (nSPS) is 27.2. The van der Waals surface area contributed by atoms with Gasteiger partial charge in [-0.25, -0.2) is 4.79 Å². The smallest absolute Gasteiger partial charge is 0.339 e. The lowest BCUT2D eigenvalue weighted by atomic mass is 9.52. The molecular weight excluding hydrogens is 552 g/mol. The van der Waals surface area contributed by atoms with E-state index in [-0.39, 0.29) is 5.57 Å². The molecule has 8 rings (SSSR count). The summed E-state index contributed by atoms with van der Waals surface area (Å²) < 4.78 is 16.1. The van der Waals surface area contributed by atoms with Crippen molar-refractivity contribution >= 4 is 41.0 Å². The molecule has 0 spiro atoms. The van der Waals surface area contributed by atoms with Crippen molar-refractivity contribution in [3.63, 3.8) is 0 Å². The van der Waals surface area contributed by atoms with E-state index >= 15 is 0 Å². The SMILES string of the molecule is COc1ccc(N2C(=O)C3C4C=C(C(=O)Oc5ccccc5)C(C3C2=O)C2C(=O)N(c3ccc(OC)cc3)C(=O)C42)cc1. The van der Waals surface area contributed by atoms with Crippen LogP contribution in [0.2, 0.25) is 0 Å². The van der Waals surface area contributed by atoms with Crippen LogP contribution in [0.4, 0.5) is 11.4 Å². The van der Waals surface area contributed by atoms with Gasteiger partial charge in [-0.3, -0.25) is 29.0 Å². The van der Waals surface area contributed by atoms with Crippen molar-refractivity contribution in [3.8, 4) is 17.2 Å². The Bertz CT molecular complexity index is 1610. The van der Waals surface area contributed by atoms with Gasteiger partial charge in [0.2, 0.25) is 23.6 Å². The number of nitrogens with zero attached hydrogens (tertiary/aromatic N) is 2. The zero-order valence-corrected chi connectivity index (χ0v) is 23.2. The summed E-state index contributed by atoms with van der Waals surface area (Å²) in [4.78, 5) is 71.9. The predicted molar refractivity (Wildman–Crippen MR) is 152 cm³/mol. The third-order valence-corrected chi connectivity index (χ3v) is 8.98. The highest BCUT2D eigenvalue weighted by atomic mass is 16.5. The van der Waals surface area contributed by atoms with Crippen molar-refractivity contribution < 1.29 is 38.2 Å². The quantitative estimate of drug-likeness (QED) is 0.248. The number of benzene rings is 3. The number of hydrogen-bond acceptors (Lipinski definition) is 8. The van der Waals surface area contributed by atoms with Crippen LogP contribution in [-0.4, -0.2) is 43.8 Å². The zero-order chi connectivity index (χ0) is 30.0. The van der Waals surface area contributed by atoms with E-state index in [1.807, 2.05) is 0 Å². The molecule has 2 saturated heterocycles. The van der Waals surface area contributed by atoms with Gasteiger partial charge in [0, 0.05) is 17.4 Å². The first-order valence-electron chi connectivity index (χ1n) is 13.9. The minimum absolute atomic E-state index is 0.131. The fraction of sp³-hybridized carbons (Fsp3) is 0.242. The molecule has 43 heavy (non-hydrogen) atoms. The number of allylic oxidation sites excluding steroid dienone is 1. The Labute approximate surface area is 246 Å². The lowest BCUT2D eigenvalue weighted by molar-refractivity contribution is -0.142. The van der Waals surface area contributed by atoms with Crippen LogP contribution >= 0.6 is 0 Å². The molecule has 3 fully saturated rings. The second-order valence-corrected chi connectivity index (χ2v) is 11.0. The molecule has 2 aliphatic heterocycles. The largest absolute Gasteiger partial charge is 0.497 e. The van der Waals surface area contributed by atoms with Crippen LogP contribution in [0.3, 0.4) is 0 Å². The Morgan fingerprint density at radius 2 is 1.00 bits per heavy atom. The Hall–Kier alpha value is -5.25. The van der Waals surface area contributed by atoms with E-state index in [2.05, 4.69) is 0 Å². The Morgan fingerprint density at radius 3 is 1.44 bits per heavy atom. The summed E-state index contributed by atoms with van der Waals surface area (Å²) in [7, 11) is 3.02. The molecule has 10 heteroatoms. The number of hydrogen-bond donors (Lipinski definition) is 0. The van der Waals surface area contributed by atoms with Gasteiger partial charge in [-0.15, -0.1) is 0 Å². The Balaban J connectivity index is 1.31. The van der Waals surface area contributed by atoms with Gasteiger partial charge in [-0.05, 0) is 60.7 Å². The number of amides is 4. The summed E-state index contributed by atoms with van der Waals surface area (Å²) in [5.74, 6) is -7.05. The average molecular weight is 579 g/mol. The standard InChI is InChI=1S/C33H26N2O8/c1-41-19-12-8-17(9-13-19)34-29(36)25-22-16-23(33(40)43-21-6-4-3-5-7-21)24(27(25)31(34)38)28-26(22)30(37)35(32(28)39)18-10-14-20(42-2)15-11-18/h3-16,22,24-28H,1-2H3. The lowest BCUT2D eigenvalue weighted by Gasteiger charge is -2.46. The fourth-order valence-corrected chi connectivity index (χ4v) is 7.18. The molecule has 216 valence electrons. The van der Waals surface area contributed by atoms with E-state index in [1.165, 1.54) is 14.2 Å². The third kappa shape index (κ3) is 3.89. The molecule has 0 aromatic heterocycles. The summed E-state index contributed by atoms with van der Waals surface area (Å²) in [6.07, 6.45) is 1.59. The van der Waals surface area contributed by atoms with E-state index < -0.39 is 65.1 Å². The molecule has 4 unspecified atom stereocenters. The first kappa shape index (κ1) is 26.6. The number of imide groups is 2. The van der Waals surface area contributed by atoms with E-state index in [9.17, 15) is 24.0 Å². The maximum absolute atomic E-state index is 14.1. The number of ether oxygens (including phenoxy) is 3. The second-order valence-electron chi connectivity index (χ2n) is 11.0. The van der Waals surface area contributed by atoms with Gasteiger partial charge in [-0.1, -0.05) is 24.3 Å². The summed E-state index contributed by atoms with van der Waals surface area (Å²) in [5, 5.41) is 0. The molecule has 5 aliphatic rings. The van der Waals surface area contributed by atoms with E-state index in [4.69, 9.17) is 14.2 Å². The van der Waals surface area contributed by atoms with Crippen molar-refractivity contribution in [2.75, 3.05) is 24.0 Å². The molecule has 4 atom stereocenters. The van der Waals surface area contributed by atoms with Crippen LogP contribution in [0.1, 0.15) is 0 Å². The minimum atomic E-state index is -1.03. The average Bonchev–Trinajstić information content (AvgIpc) is 3.47. The molecule has 3 aliphatic carbocycles. The topological polar surface area (TPSA) is 120 Å². The Kier molecular flexibility index (Phi) is 6.16. The first-order chi connectivity index (χ1) is 20.8. The van der Waals surface area contributed by atoms with E-state index in [0.717, 1.165) is 9.80 Å². The van der Waals surface area contributed by atoms with Gasteiger partial charge in [0.25, 0.3) is 0 Å². The van der Waals surface area contributed by atoms with E-state index in [0.29, 0.717) is 28.6 Å². The highest BCUT2D eigenvalue weighted by Crippen LogP contribution is 2.61. The summed E-state index contributed by atoms with van der Waals surface area (Å²) in [5.41, 5.74) is 0.827. The van der Waals surface area contributed by atoms with Crippen LogP contribution in [-0.2, 0) is 24.0 Å². The first-order valence-corrected chi connectivity index (χ1v) is 13.9. The van der Waals surface area contributed by atoms with Crippen molar-refractivity contribution in [2.24, 2.45) is 35.5 Å². The van der Waals surface area contributed by atoms with Crippen molar-refractivity contribution in [1.29, 1.82) is 0 Å². The summed E-state index contributed by atoms with van der Waals surface area (Å²) in [6, 6.07) is 21.4. The number of carbonyl (C=O) groups is 5. The van der Waals surface area contributed by atoms with Gasteiger partial charge in [0.1, 0.15) is 17.2 Å².